The molecule has 2 aromatic rings. The van der Waals surface area contributed by atoms with Gasteiger partial charge in [-0.15, -0.1) is 0 Å². The SMILES string of the molecule is O=C(Nc1cccc(F)c1F)c1cc(F)ccc1[N+](=O)[O-]. The molecule has 0 aliphatic heterocycles. The van der Waals surface area contributed by atoms with Crippen LogP contribution < -0.4 is 5.32 Å². The first-order chi connectivity index (χ1) is 9.90. The maximum absolute atomic E-state index is 13.4. The van der Waals surface area contributed by atoms with Gasteiger partial charge in [0.05, 0.1) is 10.6 Å². The van der Waals surface area contributed by atoms with Gasteiger partial charge in [-0.2, -0.15) is 0 Å². The average Bonchev–Trinajstić information content (AvgIpc) is 2.43. The van der Waals surface area contributed by atoms with Crippen LogP contribution in [0, 0.1) is 27.6 Å². The highest BCUT2D eigenvalue weighted by Crippen LogP contribution is 2.22. The lowest BCUT2D eigenvalue weighted by molar-refractivity contribution is -0.385. The van der Waals surface area contributed by atoms with Crippen molar-refractivity contribution in [2.75, 3.05) is 5.32 Å². The number of carbonyl (C=O) groups excluding carboxylic acids is 1. The first kappa shape index (κ1) is 14.5. The number of anilines is 1. The van der Waals surface area contributed by atoms with Crippen molar-refractivity contribution in [2.45, 2.75) is 0 Å². The number of benzene rings is 2. The summed E-state index contributed by atoms with van der Waals surface area (Å²) in [6.07, 6.45) is 0. The van der Waals surface area contributed by atoms with Crippen LogP contribution in [-0.4, -0.2) is 10.8 Å². The van der Waals surface area contributed by atoms with Gasteiger partial charge in [-0.1, -0.05) is 6.07 Å². The molecule has 0 saturated heterocycles. The van der Waals surface area contributed by atoms with E-state index in [4.69, 9.17) is 0 Å². The number of halogens is 3. The fourth-order valence-electron chi connectivity index (χ4n) is 1.64. The van der Waals surface area contributed by atoms with Gasteiger partial charge in [0.15, 0.2) is 11.6 Å². The number of nitrogens with one attached hydrogen (secondary N) is 1. The number of hydrogen-bond acceptors (Lipinski definition) is 3. The van der Waals surface area contributed by atoms with Crippen LogP contribution in [0.1, 0.15) is 10.4 Å². The van der Waals surface area contributed by atoms with Gasteiger partial charge < -0.3 is 5.32 Å². The fraction of sp³-hybridized carbons (Fsp3) is 0. The molecule has 5 nitrogen and oxygen atoms in total. The van der Waals surface area contributed by atoms with E-state index in [9.17, 15) is 28.1 Å². The smallest absolute Gasteiger partial charge is 0.282 e. The Morgan fingerprint density at radius 2 is 1.86 bits per heavy atom. The van der Waals surface area contributed by atoms with E-state index in [1.54, 1.807) is 0 Å². The van der Waals surface area contributed by atoms with E-state index in [-0.39, 0.29) is 0 Å². The van der Waals surface area contributed by atoms with Gasteiger partial charge in [0, 0.05) is 6.07 Å². The predicted octanol–water partition coefficient (Wildman–Crippen LogP) is 3.26. The highest BCUT2D eigenvalue weighted by Gasteiger charge is 2.22. The number of nitro benzene ring substituents is 1. The lowest BCUT2D eigenvalue weighted by Crippen LogP contribution is -2.15. The minimum atomic E-state index is -1.31. The fourth-order valence-corrected chi connectivity index (χ4v) is 1.64. The first-order valence-electron chi connectivity index (χ1n) is 5.59. The summed E-state index contributed by atoms with van der Waals surface area (Å²) in [5.41, 5.74) is -1.74. The average molecular weight is 296 g/mol. The molecule has 0 radical (unpaired) electrons. The van der Waals surface area contributed by atoms with Crippen LogP contribution in [0.4, 0.5) is 24.5 Å². The normalized spacial score (nSPS) is 10.2. The minimum absolute atomic E-state index is 0.501. The van der Waals surface area contributed by atoms with Crippen LogP contribution in [0.25, 0.3) is 0 Å². The van der Waals surface area contributed by atoms with Crippen molar-refractivity contribution in [1.29, 1.82) is 0 Å². The summed E-state index contributed by atoms with van der Waals surface area (Å²) in [6, 6.07) is 5.33. The molecular formula is C13H7F3N2O3. The van der Waals surface area contributed by atoms with E-state index in [0.29, 0.717) is 6.07 Å². The van der Waals surface area contributed by atoms with E-state index in [1.165, 1.54) is 0 Å². The molecule has 0 aliphatic carbocycles. The zero-order valence-corrected chi connectivity index (χ0v) is 10.3. The maximum atomic E-state index is 13.4. The van der Waals surface area contributed by atoms with Crippen molar-refractivity contribution in [1.82, 2.24) is 0 Å². The first-order valence-corrected chi connectivity index (χ1v) is 5.59. The Balaban J connectivity index is 2.39. The third-order valence-corrected chi connectivity index (χ3v) is 2.60. The van der Waals surface area contributed by atoms with Crippen molar-refractivity contribution in [3.63, 3.8) is 0 Å². The molecule has 21 heavy (non-hydrogen) atoms. The Kier molecular flexibility index (Phi) is 3.88. The lowest BCUT2D eigenvalue weighted by atomic mass is 10.1. The van der Waals surface area contributed by atoms with E-state index < -0.39 is 45.2 Å². The predicted molar refractivity (Wildman–Crippen MR) is 67.4 cm³/mol. The number of nitrogens with zero attached hydrogens (tertiary/aromatic N) is 1. The van der Waals surface area contributed by atoms with Gasteiger partial charge >= 0.3 is 0 Å². The van der Waals surface area contributed by atoms with Gasteiger partial charge in [0.2, 0.25) is 0 Å². The molecule has 0 atom stereocenters. The van der Waals surface area contributed by atoms with Gasteiger partial charge in [0.1, 0.15) is 11.4 Å². The Morgan fingerprint density at radius 1 is 1.14 bits per heavy atom. The van der Waals surface area contributed by atoms with Gasteiger partial charge in [-0.05, 0) is 24.3 Å². The zero-order chi connectivity index (χ0) is 15.6. The molecule has 1 N–H and O–H groups in total. The Labute approximate surface area is 116 Å². The number of carbonyl (C=O) groups is 1. The van der Waals surface area contributed by atoms with Crippen LogP contribution in [0.2, 0.25) is 0 Å². The molecule has 2 rings (SSSR count). The topological polar surface area (TPSA) is 72.2 Å². The quantitative estimate of drug-likeness (QED) is 0.698. The number of hydrogen-bond donors (Lipinski definition) is 1. The molecule has 0 aromatic heterocycles. The van der Waals surface area contributed by atoms with Crippen molar-refractivity contribution in [2.24, 2.45) is 0 Å². The summed E-state index contributed by atoms with van der Waals surface area (Å²) in [7, 11) is 0. The van der Waals surface area contributed by atoms with E-state index in [1.807, 2.05) is 5.32 Å². The summed E-state index contributed by atoms with van der Waals surface area (Å²) in [5.74, 6) is -4.50. The maximum Gasteiger partial charge on any atom is 0.282 e. The highest BCUT2D eigenvalue weighted by atomic mass is 19.2. The largest absolute Gasteiger partial charge is 0.319 e. The van der Waals surface area contributed by atoms with Gasteiger partial charge in [0.25, 0.3) is 11.6 Å². The summed E-state index contributed by atoms with van der Waals surface area (Å²) in [4.78, 5) is 21.8. The number of rotatable bonds is 3. The molecule has 108 valence electrons. The molecule has 0 spiro atoms. The summed E-state index contributed by atoms with van der Waals surface area (Å²) >= 11 is 0. The van der Waals surface area contributed by atoms with E-state index in [2.05, 4.69) is 0 Å². The zero-order valence-electron chi connectivity index (χ0n) is 10.3. The van der Waals surface area contributed by atoms with Crippen molar-refractivity contribution in [3.8, 4) is 0 Å². The van der Waals surface area contributed by atoms with E-state index >= 15 is 0 Å². The molecule has 1 amide bonds. The molecule has 0 fully saturated rings. The van der Waals surface area contributed by atoms with Crippen molar-refractivity contribution >= 4 is 17.3 Å². The molecule has 0 bridgehead atoms. The Bertz CT molecular complexity index is 735. The molecule has 8 heteroatoms. The molecule has 0 saturated carbocycles. The van der Waals surface area contributed by atoms with Crippen molar-refractivity contribution < 1.29 is 22.9 Å². The van der Waals surface area contributed by atoms with Crippen LogP contribution in [0.15, 0.2) is 36.4 Å². The Hall–Kier alpha value is -2.90. The Morgan fingerprint density at radius 3 is 2.52 bits per heavy atom. The summed E-state index contributed by atoms with van der Waals surface area (Å²) in [5, 5.41) is 12.7. The lowest BCUT2D eigenvalue weighted by Gasteiger charge is -2.07. The van der Waals surface area contributed by atoms with Crippen LogP contribution >= 0.6 is 0 Å². The number of amides is 1. The molecule has 2 aromatic carbocycles. The second-order valence-electron chi connectivity index (χ2n) is 3.97. The van der Waals surface area contributed by atoms with Crippen LogP contribution in [-0.2, 0) is 0 Å². The second-order valence-corrected chi connectivity index (χ2v) is 3.97. The third kappa shape index (κ3) is 2.99. The van der Waals surface area contributed by atoms with Crippen LogP contribution in [0.5, 0.6) is 0 Å². The molecule has 0 aliphatic rings. The van der Waals surface area contributed by atoms with Gasteiger partial charge in [-0.3, -0.25) is 14.9 Å². The van der Waals surface area contributed by atoms with Crippen molar-refractivity contribution in [3.05, 3.63) is 69.5 Å². The van der Waals surface area contributed by atoms with Crippen LogP contribution in [0.3, 0.4) is 0 Å². The molecule has 0 unspecified atom stereocenters. The minimum Gasteiger partial charge on any atom is -0.319 e. The monoisotopic (exact) mass is 296 g/mol. The second kappa shape index (κ2) is 5.61. The summed E-state index contributed by atoms with van der Waals surface area (Å²) in [6.45, 7) is 0. The number of nitro groups is 1. The summed E-state index contributed by atoms with van der Waals surface area (Å²) < 4.78 is 39.5. The highest BCUT2D eigenvalue weighted by molar-refractivity contribution is 6.07. The van der Waals surface area contributed by atoms with E-state index in [0.717, 1.165) is 30.3 Å². The molecule has 0 heterocycles. The standard InChI is InChI=1S/C13H7F3N2O3/c14-7-4-5-11(18(20)21)8(6-7)13(19)17-10-3-1-2-9(15)12(10)16/h1-6H,(H,17,19). The third-order valence-electron chi connectivity index (χ3n) is 2.60. The van der Waals surface area contributed by atoms with Gasteiger partial charge in [-0.25, -0.2) is 13.2 Å². The molecular weight excluding hydrogens is 289 g/mol.